The Hall–Kier alpha value is -2.45. The van der Waals surface area contributed by atoms with Gasteiger partial charge in [-0.15, -0.1) is 0 Å². The molecule has 1 aliphatic rings. The number of rotatable bonds is 8. The Morgan fingerprint density at radius 3 is 2.74 bits per heavy atom. The van der Waals surface area contributed by atoms with E-state index in [-0.39, 0.29) is 5.91 Å². The normalized spacial score (nSPS) is 16.8. The van der Waals surface area contributed by atoms with E-state index in [4.69, 9.17) is 4.74 Å². The van der Waals surface area contributed by atoms with Gasteiger partial charge in [-0.1, -0.05) is 6.07 Å². The summed E-state index contributed by atoms with van der Waals surface area (Å²) in [6.07, 6.45) is 5.09. The Morgan fingerprint density at radius 1 is 1.30 bits per heavy atom. The molecule has 0 spiro atoms. The Bertz CT molecular complexity index is 725. The minimum atomic E-state index is -0.664. The van der Waals surface area contributed by atoms with Crippen LogP contribution in [0.1, 0.15) is 18.5 Å². The monoisotopic (exact) mass is 372 g/mol. The average Bonchev–Trinajstić information content (AvgIpc) is 3.09. The number of carbonyl (C=O) groups excluding carboxylic acids is 1. The Kier molecular flexibility index (Phi) is 6.41. The van der Waals surface area contributed by atoms with Crippen LogP contribution >= 0.6 is 0 Å². The van der Waals surface area contributed by atoms with Crippen LogP contribution in [0.15, 0.2) is 36.7 Å². The highest BCUT2D eigenvalue weighted by Gasteiger charge is 2.41. The number of aromatic nitrogens is 3. The zero-order valence-electron chi connectivity index (χ0n) is 16.0. The number of anilines is 1. The van der Waals surface area contributed by atoms with Gasteiger partial charge in [0, 0.05) is 58.8 Å². The molecule has 0 radical (unpaired) electrons. The predicted molar refractivity (Wildman–Crippen MR) is 103 cm³/mol. The van der Waals surface area contributed by atoms with Gasteiger partial charge in [-0.3, -0.25) is 19.4 Å². The number of carbonyl (C=O) groups is 1. The second-order valence-electron chi connectivity index (χ2n) is 6.93. The maximum absolute atomic E-state index is 13.0. The van der Waals surface area contributed by atoms with E-state index in [1.165, 1.54) is 0 Å². The van der Waals surface area contributed by atoms with Gasteiger partial charge >= 0.3 is 0 Å². The van der Waals surface area contributed by atoms with Crippen LogP contribution in [0.4, 0.5) is 5.82 Å². The van der Waals surface area contributed by atoms with Gasteiger partial charge in [-0.05, 0) is 25.0 Å². The fraction of sp³-hybridized carbons (Fsp3) is 0.526. The number of nitrogens with one attached hydrogen (secondary N) is 2. The van der Waals surface area contributed by atoms with Crippen LogP contribution in [-0.4, -0.2) is 64.5 Å². The zero-order chi connectivity index (χ0) is 19.1. The van der Waals surface area contributed by atoms with Crippen LogP contribution in [0.2, 0.25) is 0 Å². The number of ether oxygens (including phenoxy) is 1. The molecule has 1 aliphatic heterocycles. The maximum Gasteiger partial charge on any atom is 0.245 e. The maximum atomic E-state index is 13.0. The van der Waals surface area contributed by atoms with Gasteiger partial charge in [-0.2, -0.15) is 5.10 Å². The van der Waals surface area contributed by atoms with Crippen molar-refractivity contribution in [1.29, 1.82) is 0 Å². The molecule has 3 rings (SSSR count). The molecule has 27 heavy (non-hydrogen) atoms. The Balaban J connectivity index is 1.66. The van der Waals surface area contributed by atoms with E-state index in [9.17, 15) is 4.79 Å². The highest BCUT2D eigenvalue weighted by molar-refractivity contribution is 5.89. The molecule has 0 bridgehead atoms. The van der Waals surface area contributed by atoms with Crippen molar-refractivity contribution in [1.82, 2.24) is 25.0 Å². The van der Waals surface area contributed by atoms with Crippen molar-refractivity contribution < 1.29 is 9.53 Å². The van der Waals surface area contributed by atoms with Gasteiger partial charge in [0.25, 0.3) is 0 Å². The van der Waals surface area contributed by atoms with Gasteiger partial charge < -0.3 is 15.4 Å². The van der Waals surface area contributed by atoms with Crippen LogP contribution in [-0.2, 0) is 23.1 Å². The summed E-state index contributed by atoms with van der Waals surface area (Å²) >= 11 is 0. The average molecular weight is 372 g/mol. The predicted octanol–water partition coefficient (Wildman–Crippen LogP) is 1.02. The largest absolute Gasteiger partial charge is 0.383 e. The fourth-order valence-electron chi connectivity index (χ4n) is 3.39. The van der Waals surface area contributed by atoms with Crippen molar-refractivity contribution in [2.24, 2.45) is 7.05 Å². The van der Waals surface area contributed by atoms with Gasteiger partial charge in [0.15, 0.2) is 0 Å². The van der Waals surface area contributed by atoms with Gasteiger partial charge in [0.2, 0.25) is 5.91 Å². The van der Waals surface area contributed by atoms with Crippen molar-refractivity contribution >= 4 is 11.7 Å². The topological polar surface area (TPSA) is 84.3 Å². The van der Waals surface area contributed by atoms with E-state index < -0.39 is 5.54 Å². The summed E-state index contributed by atoms with van der Waals surface area (Å²) in [5, 5.41) is 10.8. The molecule has 146 valence electrons. The summed E-state index contributed by atoms with van der Waals surface area (Å²) in [7, 11) is 3.50. The first-order chi connectivity index (χ1) is 13.1. The lowest BCUT2D eigenvalue weighted by atomic mass is 9.86. The zero-order valence-corrected chi connectivity index (χ0v) is 16.0. The standard InChI is InChI=1S/C19H28N6O2/c1-24-11-6-17(23-24)22-19(18(26)21-10-14-27-2)7-12-25(13-8-19)15-16-5-3-4-9-20-16/h3-6,9,11H,7-8,10,12-15H2,1-2H3,(H,21,26)(H,22,23). The highest BCUT2D eigenvalue weighted by Crippen LogP contribution is 2.27. The number of piperidine rings is 1. The lowest BCUT2D eigenvalue weighted by Crippen LogP contribution is -2.58. The summed E-state index contributed by atoms with van der Waals surface area (Å²) in [4.78, 5) is 19.7. The number of nitrogens with zero attached hydrogens (tertiary/aromatic N) is 4. The van der Waals surface area contributed by atoms with E-state index in [0.717, 1.165) is 31.1 Å². The summed E-state index contributed by atoms with van der Waals surface area (Å²) < 4.78 is 6.78. The summed E-state index contributed by atoms with van der Waals surface area (Å²) in [5.74, 6) is 0.722. The van der Waals surface area contributed by atoms with Crippen LogP contribution in [0, 0.1) is 0 Å². The van der Waals surface area contributed by atoms with Crippen molar-refractivity contribution in [2.75, 3.05) is 38.7 Å². The number of methoxy groups -OCH3 is 1. The molecule has 8 heteroatoms. The fourth-order valence-corrected chi connectivity index (χ4v) is 3.39. The van der Waals surface area contributed by atoms with E-state index in [2.05, 4.69) is 25.6 Å². The molecule has 3 heterocycles. The molecule has 1 fully saturated rings. The van der Waals surface area contributed by atoms with E-state index in [1.807, 2.05) is 43.7 Å². The quantitative estimate of drug-likeness (QED) is 0.673. The number of likely N-dealkylation sites (tertiary alicyclic amines) is 1. The third-order valence-electron chi connectivity index (χ3n) is 4.93. The molecule has 0 atom stereocenters. The van der Waals surface area contributed by atoms with Crippen LogP contribution in [0.3, 0.4) is 0 Å². The molecule has 0 saturated carbocycles. The number of amides is 1. The Labute approximate surface area is 159 Å². The first-order valence-electron chi connectivity index (χ1n) is 9.29. The summed E-state index contributed by atoms with van der Waals surface area (Å²) in [5.41, 5.74) is 0.384. The molecular weight excluding hydrogens is 344 g/mol. The summed E-state index contributed by atoms with van der Waals surface area (Å²) in [6.45, 7) is 3.42. The molecule has 0 aliphatic carbocycles. The van der Waals surface area contributed by atoms with Gasteiger partial charge in [-0.25, -0.2) is 0 Å². The molecule has 2 aromatic heterocycles. The second-order valence-corrected chi connectivity index (χ2v) is 6.93. The number of aryl methyl sites for hydroxylation is 1. The molecule has 1 amide bonds. The lowest BCUT2D eigenvalue weighted by molar-refractivity contribution is -0.127. The van der Waals surface area contributed by atoms with Crippen molar-refractivity contribution in [3.05, 3.63) is 42.4 Å². The molecule has 2 aromatic rings. The molecular formula is C19H28N6O2. The number of hydrogen-bond donors (Lipinski definition) is 2. The van der Waals surface area contributed by atoms with Gasteiger partial charge in [0.1, 0.15) is 11.4 Å². The third kappa shape index (κ3) is 5.05. The molecule has 1 saturated heterocycles. The smallest absolute Gasteiger partial charge is 0.245 e. The first kappa shape index (κ1) is 19.3. The minimum Gasteiger partial charge on any atom is -0.383 e. The lowest BCUT2D eigenvalue weighted by Gasteiger charge is -2.41. The number of hydrogen-bond acceptors (Lipinski definition) is 6. The van der Waals surface area contributed by atoms with Crippen LogP contribution in [0.5, 0.6) is 0 Å². The van der Waals surface area contributed by atoms with Crippen molar-refractivity contribution in [2.45, 2.75) is 24.9 Å². The minimum absolute atomic E-state index is 0.00249. The van der Waals surface area contributed by atoms with Crippen molar-refractivity contribution in [3.63, 3.8) is 0 Å². The van der Waals surface area contributed by atoms with Crippen LogP contribution in [0.25, 0.3) is 0 Å². The van der Waals surface area contributed by atoms with Crippen LogP contribution < -0.4 is 10.6 Å². The van der Waals surface area contributed by atoms with Crippen molar-refractivity contribution in [3.8, 4) is 0 Å². The SMILES string of the molecule is COCCNC(=O)C1(Nc2ccn(C)n2)CCN(Cc2ccccn2)CC1. The Morgan fingerprint density at radius 2 is 2.11 bits per heavy atom. The molecule has 0 unspecified atom stereocenters. The molecule has 2 N–H and O–H groups in total. The molecule has 8 nitrogen and oxygen atoms in total. The highest BCUT2D eigenvalue weighted by atomic mass is 16.5. The van der Waals surface area contributed by atoms with E-state index in [0.29, 0.717) is 26.0 Å². The number of pyridine rings is 1. The van der Waals surface area contributed by atoms with E-state index >= 15 is 0 Å². The van der Waals surface area contributed by atoms with Gasteiger partial charge in [0.05, 0.1) is 12.3 Å². The third-order valence-corrected chi connectivity index (χ3v) is 4.93. The molecule has 0 aromatic carbocycles. The first-order valence-corrected chi connectivity index (χ1v) is 9.29. The van der Waals surface area contributed by atoms with E-state index in [1.54, 1.807) is 11.8 Å². The second kappa shape index (κ2) is 8.96. The summed E-state index contributed by atoms with van der Waals surface area (Å²) in [6, 6.07) is 7.85.